The van der Waals surface area contributed by atoms with Gasteiger partial charge in [-0.1, -0.05) is 6.07 Å². The van der Waals surface area contributed by atoms with E-state index < -0.39 is 11.7 Å². The molecule has 0 spiro atoms. The number of halogens is 3. The maximum Gasteiger partial charge on any atom is 0.416 e. The number of rotatable bonds is 5. The van der Waals surface area contributed by atoms with E-state index >= 15 is 0 Å². The number of pyridine rings is 1. The number of hydrogen-bond acceptors (Lipinski definition) is 6. The minimum Gasteiger partial charge on any atom is -0.457 e. The second kappa shape index (κ2) is 8.70. The van der Waals surface area contributed by atoms with Crippen molar-refractivity contribution in [3.05, 3.63) is 77.1 Å². The highest BCUT2D eigenvalue weighted by atomic mass is 19.4. The molecule has 3 aromatic rings. The molecule has 4 rings (SSSR count). The zero-order valence-electron chi connectivity index (χ0n) is 17.0. The normalized spacial score (nSPS) is 12.9. The van der Waals surface area contributed by atoms with E-state index in [0.717, 1.165) is 23.0 Å². The van der Waals surface area contributed by atoms with Gasteiger partial charge >= 0.3 is 6.18 Å². The maximum atomic E-state index is 13.3. The van der Waals surface area contributed by atoms with Gasteiger partial charge in [-0.25, -0.2) is 4.99 Å². The number of hydrogen-bond donors (Lipinski definition) is 2. The van der Waals surface area contributed by atoms with Crippen LogP contribution in [-0.4, -0.2) is 17.2 Å². The van der Waals surface area contributed by atoms with Crippen LogP contribution in [0, 0.1) is 6.92 Å². The highest BCUT2D eigenvalue weighted by Crippen LogP contribution is 2.34. The number of nitrogens with one attached hydrogen (secondary N) is 2. The monoisotopic (exact) mass is 440 g/mol. The summed E-state index contributed by atoms with van der Waals surface area (Å²) in [6.07, 6.45) is -2.74. The standard InChI is InChI=1S/C23H19F3N4O2/c1-14-10-19(6-8-27-14)32-18-4-5-21-16(11-18)13-28-22(30-21)29-17-3-2-15(7-9-31)20(12-17)23(24,25)26/h2-6,8-12H,7,13H2,1H3,(H2,28,29,30). The number of carbonyl (C=O) groups is 1. The smallest absolute Gasteiger partial charge is 0.416 e. The Hall–Kier alpha value is -3.88. The zero-order chi connectivity index (χ0) is 22.7. The molecule has 2 aromatic carbocycles. The van der Waals surface area contributed by atoms with Crippen molar-refractivity contribution in [3.8, 4) is 11.5 Å². The van der Waals surface area contributed by atoms with Crippen LogP contribution in [0.2, 0.25) is 0 Å². The van der Waals surface area contributed by atoms with Crippen LogP contribution in [0.4, 0.5) is 24.5 Å². The fraction of sp³-hybridized carbons (Fsp3) is 0.174. The van der Waals surface area contributed by atoms with Crippen molar-refractivity contribution in [2.24, 2.45) is 4.99 Å². The van der Waals surface area contributed by atoms with Crippen LogP contribution in [0.15, 0.2) is 59.7 Å². The average Bonchev–Trinajstić information content (AvgIpc) is 2.74. The SMILES string of the molecule is Cc1cc(Oc2ccc3c(c2)CN=C(Nc2ccc(CC=O)c(C(F)(F)F)c2)N3)ccn1. The predicted molar refractivity (Wildman–Crippen MR) is 115 cm³/mol. The van der Waals surface area contributed by atoms with E-state index in [1.807, 2.05) is 25.1 Å². The number of fused-ring (bicyclic) bond motifs is 1. The summed E-state index contributed by atoms with van der Waals surface area (Å²) in [6.45, 7) is 2.20. The Morgan fingerprint density at radius 2 is 1.94 bits per heavy atom. The van der Waals surface area contributed by atoms with E-state index in [4.69, 9.17) is 4.74 Å². The van der Waals surface area contributed by atoms with E-state index in [9.17, 15) is 18.0 Å². The molecule has 164 valence electrons. The van der Waals surface area contributed by atoms with Crippen LogP contribution in [0.1, 0.15) is 22.4 Å². The third-order valence-electron chi connectivity index (χ3n) is 4.82. The lowest BCUT2D eigenvalue weighted by molar-refractivity contribution is -0.138. The third kappa shape index (κ3) is 4.88. The van der Waals surface area contributed by atoms with Gasteiger partial charge in [0.25, 0.3) is 0 Å². The highest BCUT2D eigenvalue weighted by molar-refractivity contribution is 6.05. The quantitative estimate of drug-likeness (QED) is 0.524. The topological polar surface area (TPSA) is 75.6 Å². The fourth-order valence-electron chi connectivity index (χ4n) is 3.33. The van der Waals surface area contributed by atoms with Crippen molar-refractivity contribution >= 4 is 23.6 Å². The minimum absolute atomic E-state index is 0.0705. The number of nitrogens with zero attached hydrogens (tertiary/aromatic N) is 2. The molecule has 1 aliphatic heterocycles. The molecular formula is C23H19F3N4O2. The molecular weight excluding hydrogens is 421 g/mol. The molecule has 0 amide bonds. The second-order valence-electron chi connectivity index (χ2n) is 7.21. The Morgan fingerprint density at radius 3 is 2.69 bits per heavy atom. The minimum atomic E-state index is -4.56. The lowest BCUT2D eigenvalue weighted by Crippen LogP contribution is -2.26. The van der Waals surface area contributed by atoms with Crippen molar-refractivity contribution < 1.29 is 22.7 Å². The van der Waals surface area contributed by atoms with Gasteiger partial charge in [-0.3, -0.25) is 4.98 Å². The summed E-state index contributed by atoms with van der Waals surface area (Å²) in [7, 11) is 0. The first-order chi connectivity index (χ1) is 15.3. The van der Waals surface area contributed by atoms with E-state index in [1.54, 1.807) is 18.3 Å². The zero-order valence-corrected chi connectivity index (χ0v) is 17.0. The van der Waals surface area contributed by atoms with Gasteiger partial charge in [-0.2, -0.15) is 13.2 Å². The number of aldehydes is 1. The summed E-state index contributed by atoms with van der Waals surface area (Å²) in [5.74, 6) is 1.64. The van der Waals surface area contributed by atoms with Gasteiger partial charge in [0, 0.05) is 41.3 Å². The van der Waals surface area contributed by atoms with Gasteiger partial charge < -0.3 is 20.2 Å². The molecule has 2 heterocycles. The molecule has 9 heteroatoms. The van der Waals surface area contributed by atoms with Crippen molar-refractivity contribution in [2.45, 2.75) is 26.1 Å². The van der Waals surface area contributed by atoms with Crippen LogP contribution >= 0.6 is 0 Å². The first kappa shape index (κ1) is 21.4. The molecule has 0 saturated heterocycles. The molecule has 1 aromatic heterocycles. The van der Waals surface area contributed by atoms with Crippen LogP contribution in [0.5, 0.6) is 11.5 Å². The lowest BCUT2D eigenvalue weighted by atomic mass is 10.0. The molecule has 2 N–H and O–H groups in total. The van der Waals surface area contributed by atoms with Crippen LogP contribution < -0.4 is 15.4 Å². The van der Waals surface area contributed by atoms with E-state index in [0.29, 0.717) is 30.3 Å². The number of ether oxygens (including phenoxy) is 1. The first-order valence-electron chi connectivity index (χ1n) is 9.77. The Balaban J connectivity index is 1.49. The maximum absolute atomic E-state index is 13.3. The molecule has 0 atom stereocenters. The molecule has 0 saturated carbocycles. The van der Waals surface area contributed by atoms with Crippen molar-refractivity contribution in [3.63, 3.8) is 0 Å². The van der Waals surface area contributed by atoms with E-state index in [1.165, 1.54) is 12.1 Å². The van der Waals surface area contributed by atoms with Crippen molar-refractivity contribution in [2.75, 3.05) is 10.6 Å². The summed E-state index contributed by atoms with van der Waals surface area (Å²) >= 11 is 0. The number of carbonyl (C=O) groups excluding carboxylic acids is 1. The summed E-state index contributed by atoms with van der Waals surface area (Å²) < 4.78 is 45.9. The summed E-state index contributed by atoms with van der Waals surface area (Å²) in [5, 5.41) is 5.96. The molecule has 6 nitrogen and oxygen atoms in total. The number of aryl methyl sites for hydroxylation is 1. The Bertz CT molecular complexity index is 1190. The second-order valence-corrected chi connectivity index (χ2v) is 7.21. The van der Waals surface area contributed by atoms with Gasteiger partial charge in [0.2, 0.25) is 5.96 Å². The largest absolute Gasteiger partial charge is 0.457 e. The number of guanidine groups is 1. The lowest BCUT2D eigenvalue weighted by Gasteiger charge is -2.21. The van der Waals surface area contributed by atoms with Gasteiger partial charge in [0.15, 0.2) is 0 Å². The van der Waals surface area contributed by atoms with Gasteiger partial charge in [-0.15, -0.1) is 0 Å². The number of aliphatic imine (C=N–C) groups is 1. The number of aromatic nitrogens is 1. The Labute approximate surface area is 182 Å². The van der Waals surface area contributed by atoms with Crippen LogP contribution in [0.3, 0.4) is 0 Å². The molecule has 0 radical (unpaired) electrons. The average molecular weight is 440 g/mol. The van der Waals surface area contributed by atoms with E-state index in [2.05, 4.69) is 20.6 Å². The molecule has 32 heavy (non-hydrogen) atoms. The van der Waals surface area contributed by atoms with E-state index in [-0.39, 0.29) is 17.7 Å². The Kier molecular flexibility index (Phi) is 5.81. The van der Waals surface area contributed by atoms with Gasteiger partial charge in [-0.05, 0) is 48.9 Å². The van der Waals surface area contributed by atoms with Crippen LogP contribution in [0.25, 0.3) is 0 Å². The molecule has 0 fully saturated rings. The fourth-order valence-corrected chi connectivity index (χ4v) is 3.33. The molecule has 1 aliphatic rings. The third-order valence-corrected chi connectivity index (χ3v) is 4.82. The number of benzene rings is 2. The van der Waals surface area contributed by atoms with Crippen molar-refractivity contribution in [1.82, 2.24) is 4.98 Å². The summed E-state index contributed by atoms with van der Waals surface area (Å²) in [4.78, 5) is 19.2. The van der Waals surface area contributed by atoms with Gasteiger partial charge in [0.05, 0.1) is 12.1 Å². The Morgan fingerprint density at radius 1 is 1.12 bits per heavy atom. The summed E-state index contributed by atoms with van der Waals surface area (Å²) in [5.41, 5.74) is 1.80. The number of anilines is 2. The van der Waals surface area contributed by atoms with Crippen LogP contribution in [-0.2, 0) is 23.9 Å². The molecule has 0 bridgehead atoms. The van der Waals surface area contributed by atoms with Gasteiger partial charge in [0.1, 0.15) is 17.8 Å². The molecule has 0 aliphatic carbocycles. The van der Waals surface area contributed by atoms with Crippen molar-refractivity contribution in [1.29, 1.82) is 0 Å². The molecule has 0 unspecified atom stereocenters. The first-order valence-corrected chi connectivity index (χ1v) is 9.77. The predicted octanol–water partition coefficient (Wildman–Crippen LogP) is 5.34. The number of alkyl halides is 3. The highest BCUT2D eigenvalue weighted by Gasteiger charge is 2.33. The summed E-state index contributed by atoms with van der Waals surface area (Å²) in [6, 6.07) is 12.8.